The molecule has 1 aromatic carbocycles. The molecule has 1 aromatic rings. The van der Waals surface area contributed by atoms with Crippen molar-refractivity contribution in [2.75, 3.05) is 0 Å². The van der Waals surface area contributed by atoms with E-state index in [1.807, 2.05) is 62.4 Å². The van der Waals surface area contributed by atoms with Gasteiger partial charge < -0.3 is 5.02 Å². The predicted molar refractivity (Wildman–Crippen MR) is 62.6 cm³/mol. The Morgan fingerprint density at radius 1 is 1.21 bits per heavy atom. The molecule has 1 N–H and O–H groups in total. The van der Waals surface area contributed by atoms with Gasteiger partial charge in [0, 0.05) is 0 Å². The molecule has 0 heterocycles. The molecule has 0 unspecified atom stereocenters. The van der Waals surface area contributed by atoms with Crippen LogP contribution in [0.1, 0.15) is 13.8 Å². The van der Waals surface area contributed by atoms with Gasteiger partial charge in [-0.05, 0) is 24.8 Å². The molecular formula is C12H15BO. The fourth-order valence-corrected chi connectivity index (χ4v) is 1.37. The molecule has 0 fully saturated rings. The van der Waals surface area contributed by atoms with Crippen LogP contribution in [0.15, 0.2) is 54.0 Å². The van der Waals surface area contributed by atoms with Crippen LogP contribution in [-0.2, 0) is 0 Å². The molecule has 0 spiro atoms. The third-order valence-electron chi connectivity index (χ3n) is 2.12. The first-order valence-electron chi connectivity index (χ1n) is 4.81. The van der Waals surface area contributed by atoms with Gasteiger partial charge in [-0.3, -0.25) is 0 Å². The van der Waals surface area contributed by atoms with Crippen LogP contribution in [0.5, 0.6) is 0 Å². The van der Waals surface area contributed by atoms with Crippen molar-refractivity contribution in [2.45, 2.75) is 13.8 Å². The minimum Gasteiger partial charge on any atom is -0.443 e. The largest absolute Gasteiger partial charge is 0.443 e. The maximum atomic E-state index is 9.99. The minimum atomic E-state index is -0.516. The number of hydrogen-bond acceptors (Lipinski definition) is 1. The summed E-state index contributed by atoms with van der Waals surface area (Å²) in [4.78, 5) is 0. The van der Waals surface area contributed by atoms with E-state index in [0.29, 0.717) is 0 Å². The van der Waals surface area contributed by atoms with E-state index in [4.69, 9.17) is 0 Å². The molecule has 0 saturated carbocycles. The fraction of sp³-hybridized carbons (Fsp3) is 0.167. The monoisotopic (exact) mass is 186 g/mol. The van der Waals surface area contributed by atoms with Crippen molar-refractivity contribution in [1.82, 2.24) is 0 Å². The smallest absolute Gasteiger partial charge is 0.358 e. The van der Waals surface area contributed by atoms with Gasteiger partial charge in [0.25, 0.3) is 0 Å². The fourth-order valence-electron chi connectivity index (χ4n) is 1.37. The predicted octanol–water partition coefficient (Wildman–Crippen LogP) is 1.94. The number of rotatable bonds is 3. The van der Waals surface area contributed by atoms with Crippen LogP contribution >= 0.6 is 0 Å². The van der Waals surface area contributed by atoms with Crippen LogP contribution in [0.25, 0.3) is 0 Å². The van der Waals surface area contributed by atoms with Gasteiger partial charge in [0.1, 0.15) is 0 Å². The Morgan fingerprint density at radius 2 is 1.86 bits per heavy atom. The summed E-state index contributed by atoms with van der Waals surface area (Å²) in [6, 6.07) is 9.67. The van der Waals surface area contributed by atoms with Crippen LogP contribution in [-0.4, -0.2) is 11.9 Å². The molecule has 72 valence electrons. The Balaban J connectivity index is 2.89. The van der Waals surface area contributed by atoms with Crippen LogP contribution in [0.3, 0.4) is 0 Å². The maximum Gasteiger partial charge on any atom is 0.358 e. The Morgan fingerprint density at radius 3 is 2.36 bits per heavy atom. The third-order valence-corrected chi connectivity index (χ3v) is 2.12. The first kappa shape index (κ1) is 10.8. The summed E-state index contributed by atoms with van der Waals surface area (Å²) >= 11 is 0. The number of allylic oxidation sites excluding steroid dienone is 4. The van der Waals surface area contributed by atoms with Crippen molar-refractivity contribution in [3.63, 3.8) is 0 Å². The molecule has 2 heteroatoms. The topological polar surface area (TPSA) is 20.2 Å². The summed E-state index contributed by atoms with van der Waals surface area (Å²) in [5.41, 5.74) is 1.86. The van der Waals surface area contributed by atoms with Gasteiger partial charge in [-0.15, -0.1) is 0 Å². The molecule has 0 aromatic heterocycles. The second-order valence-corrected chi connectivity index (χ2v) is 3.10. The summed E-state index contributed by atoms with van der Waals surface area (Å²) in [6.07, 6.45) is 5.79. The average Bonchev–Trinajstić information content (AvgIpc) is 2.26. The number of hydrogen-bond donors (Lipinski definition) is 1. The molecule has 0 atom stereocenters. The summed E-state index contributed by atoms with van der Waals surface area (Å²) < 4.78 is 0. The molecule has 1 rings (SSSR count). The second kappa shape index (κ2) is 5.45. The van der Waals surface area contributed by atoms with Gasteiger partial charge in [0.2, 0.25) is 0 Å². The van der Waals surface area contributed by atoms with Crippen LogP contribution in [0, 0.1) is 0 Å². The van der Waals surface area contributed by atoms with Crippen molar-refractivity contribution in [3.05, 3.63) is 54.0 Å². The van der Waals surface area contributed by atoms with E-state index in [9.17, 15) is 5.02 Å². The van der Waals surface area contributed by atoms with Crippen LogP contribution in [0.4, 0.5) is 0 Å². The average molecular weight is 186 g/mol. The first-order valence-corrected chi connectivity index (χ1v) is 4.81. The quantitative estimate of drug-likeness (QED) is 0.564. The van der Waals surface area contributed by atoms with Gasteiger partial charge in [-0.2, -0.15) is 0 Å². The van der Waals surface area contributed by atoms with E-state index in [1.54, 1.807) is 0 Å². The molecule has 0 aliphatic carbocycles. The van der Waals surface area contributed by atoms with E-state index in [0.717, 1.165) is 10.9 Å². The standard InChI is InChI=1S/C12H15BO/c1-3-8-11(4-2)13(14)12-9-6-5-7-10-12/h3-10,14H,1-2H3/b8-3-,11-4+. The van der Waals surface area contributed by atoms with Crippen LogP contribution in [0.2, 0.25) is 0 Å². The molecule has 0 aliphatic rings. The van der Waals surface area contributed by atoms with E-state index < -0.39 is 6.92 Å². The Bertz CT molecular complexity index is 327. The van der Waals surface area contributed by atoms with Crippen molar-refractivity contribution >= 4 is 12.4 Å². The first-order chi connectivity index (χ1) is 6.79. The summed E-state index contributed by atoms with van der Waals surface area (Å²) in [6.45, 7) is 3.36. The van der Waals surface area contributed by atoms with Crippen LogP contribution < -0.4 is 5.46 Å². The lowest BCUT2D eigenvalue weighted by Gasteiger charge is -2.07. The summed E-state index contributed by atoms with van der Waals surface area (Å²) in [7, 11) is 0. The maximum absolute atomic E-state index is 9.99. The van der Waals surface area contributed by atoms with Gasteiger partial charge >= 0.3 is 6.92 Å². The Hall–Kier alpha value is -1.28. The zero-order valence-corrected chi connectivity index (χ0v) is 8.64. The highest BCUT2D eigenvalue weighted by Gasteiger charge is 2.15. The highest BCUT2D eigenvalue weighted by Crippen LogP contribution is 2.01. The summed E-state index contributed by atoms with van der Waals surface area (Å²) in [5, 5.41) is 9.99. The van der Waals surface area contributed by atoms with E-state index in [-0.39, 0.29) is 0 Å². The lowest BCUT2D eigenvalue weighted by atomic mass is 9.55. The van der Waals surface area contributed by atoms with Gasteiger partial charge in [-0.1, -0.05) is 48.6 Å². The van der Waals surface area contributed by atoms with E-state index in [2.05, 4.69) is 0 Å². The van der Waals surface area contributed by atoms with E-state index >= 15 is 0 Å². The summed E-state index contributed by atoms with van der Waals surface area (Å²) in [5.74, 6) is 0. The Kier molecular flexibility index (Phi) is 4.21. The normalized spacial score (nSPS) is 12.1. The molecule has 14 heavy (non-hydrogen) atoms. The third kappa shape index (κ3) is 2.61. The molecular weight excluding hydrogens is 171 g/mol. The van der Waals surface area contributed by atoms with Gasteiger partial charge in [-0.25, -0.2) is 0 Å². The zero-order chi connectivity index (χ0) is 10.4. The molecule has 0 radical (unpaired) electrons. The van der Waals surface area contributed by atoms with Crippen molar-refractivity contribution in [2.24, 2.45) is 0 Å². The lowest BCUT2D eigenvalue weighted by Crippen LogP contribution is -2.31. The minimum absolute atomic E-state index is 0.516. The Labute approximate surface area is 85.9 Å². The molecule has 0 amide bonds. The molecule has 1 nitrogen and oxygen atoms in total. The van der Waals surface area contributed by atoms with Crippen molar-refractivity contribution < 1.29 is 5.02 Å². The van der Waals surface area contributed by atoms with Gasteiger partial charge in [0.15, 0.2) is 0 Å². The van der Waals surface area contributed by atoms with E-state index in [1.165, 1.54) is 0 Å². The highest BCUT2D eigenvalue weighted by molar-refractivity contribution is 6.73. The van der Waals surface area contributed by atoms with Crippen molar-refractivity contribution in [3.8, 4) is 0 Å². The SMILES string of the molecule is C/C=C\C(=C/C)B(O)c1ccccc1. The highest BCUT2D eigenvalue weighted by atomic mass is 16.2. The lowest BCUT2D eigenvalue weighted by molar-refractivity contribution is 0.596. The molecule has 0 aliphatic heterocycles. The zero-order valence-electron chi connectivity index (χ0n) is 8.64. The molecule has 0 bridgehead atoms. The van der Waals surface area contributed by atoms with Gasteiger partial charge in [0.05, 0.1) is 0 Å². The molecule has 0 saturated heterocycles. The van der Waals surface area contributed by atoms with Crippen molar-refractivity contribution in [1.29, 1.82) is 0 Å². The second-order valence-electron chi connectivity index (χ2n) is 3.10. The number of benzene rings is 1.